The smallest absolute Gasteiger partial charge is 0.263 e. The molecule has 131 heavy (non-hydrogen) atoms. The molecule has 0 radical (unpaired) electrons. The number of rotatable bonds is 55. The summed E-state index contributed by atoms with van der Waals surface area (Å²) >= 11 is 10.9. The largest absolute Gasteiger partial charge is 0.274 e. The zero-order chi connectivity index (χ0) is 91.2. The molecule has 4 amide bonds. The molecule has 694 valence electrons. The van der Waals surface area contributed by atoms with Gasteiger partial charge >= 0.3 is 0 Å². The Morgan fingerprint density at radius 1 is 0.260 bits per heavy atom. The predicted octanol–water partition coefficient (Wildman–Crippen LogP) is 35.1. The van der Waals surface area contributed by atoms with Crippen LogP contribution in [0.4, 0.5) is 0 Å². The van der Waals surface area contributed by atoms with Crippen LogP contribution in [0.1, 0.15) is 430 Å². The normalized spacial score (nSPS) is 14.6. The van der Waals surface area contributed by atoms with E-state index in [1.165, 1.54) is 292 Å². The van der Waals surface area contributed by atoms with Crippen molar-refractivity contribution in [2.45, 2.75) is 375 Å². The van der Waals surface area contributed by atoms with Crippen molar-refractivity contribution in [3.8, 4) is 59.9 Å². The molecule has 0 atom stereocenters. The van der Waals surface area contributed by atoms with E-state index >= 15 is 14.4 Å². The van der Waals surface area contributed by atoms with E-state index < -0.39 is 18.9 Å². The highest BCUT2D eigenvalue weighted by Gasteiger charge is 2.55. The topological polar surface area (TPSA) is 74.8 Å². The molecule has 13 heteroatoms. The molecule has 0 saturated carbocycles. The minimum absolute atomic E-state index is 0.121. The third-order valence-corrected chi connectivity index (χ3v) is 43.4. The molecule has 0 bridgehead atoms. The van der Waals surface area contributed by atoms with Crippen LogP contribution in [0.25, 0.3) is 59.9 Å². The number of hydrogen-bond donors (Lipinski definition) is 0. The van der Waals surface area contributed by atoms with Crippen molar-refractivity contribution in [1.29, 1.82) is 0 Å². The maximum absolute atomic E-state index is 16.5. The molecular formula is C118H148N2O4S6Si. The molecule has 0 spiro atoms. The van der Waals surface area contributed by atoms with Gasteiger partial charge in [0.2, 0.25) is 0 Å². The van der Waals surface area contributed by atoms with Crippen LogP contribution in [-0.2, 0) is 36.5 Å². The van der Waals surface area contributed by atoms with Crippen molar-refractivity contribution in [3.63, 3.8) is 0 Å². The van der Waals surface area contributed by atoms with Crippen LogP contribution in [0.3, 0.4) is 0 Å². The lowest BCUT2D eigenvalue weighted by atomic mass is 9.65. The van der Waals surface area contributed by atoms with Gasteiger partial charge in [-0.05, 0) is 215 Å². The average Bonchev–Trinajstić information content (AvgIpc) is 1.50. The zero-order valence-electron chi connectivity index (χ0n) is 81.1. The fraction of sp³-hybridized carbons (Fsp3) is 0.508. The predicted molar refractivity (Wildman–Crippen MR) is 570 cm³/mol. The molecule has 5 aliphatic rings. The summed E-state index contributed by atoms with van der Waals surface area (Å²) in [7, 11) is -2.62. The minimum atomic E-state index is -2.62. The summed E-state index contributed by atoms with van der Waals surface area (Å²) in [5.41, 5.74) is 19.5. The quantitative estimate of drug-likeness (QED) is 0.0216. The first-order valence-corrected chi connectivity index (χ1v) is 59.6. The Kier molecular flexibility index (Phi) is 33.4. The standard InChI is InChI=1S/C118H148N2O4S6Si/c1-11-19-27-35-39-47-71-119-113(121)102-82(10)126-108(103(102)114(119)122)98-79-100-111(128-98)112-101(131(100,73-49-41-37-29-21-13-3)74-50-42-38-30-22-14-4)80-99(129-112)110-105-104(115(123)120(116(105)124)72-48-40-36-28-20-12-2)109(130-110)97-78-96-107(127-97)92-77-93-91(76-94(92)118(96,89-67-59-85(60-68-89)53-45-33-25-17-7)90-69-61-86(62-70-90)54-46-34-26-18-8)106-95(75-81(9)125-106)117(93,87-63-55-83(56-64-87)51-43-31-23-15-5)88-65-57-84(58-66-88)52-44-32-24-16-6/h55-70,75-80H,11-54,71-74H2,1-10H3. The Bertz CT molecular complexity index is 5590. The lowest BCUT2D eigenvalue weighted by Gasteiger charge is -2.35. The number of thiophene rings is 6. The van der Waals surface area contributed by atoms with E-state index in [1.807, 2.05) is 45.3 Å². The van der Waals surface area contributed by atoms with Gasteiger partial charge in [0.1, 0.15) is 8.07 Å². The Balaban J connectivity index is 0.909. The molecule has 16 rings (SSSR count). The molecule has 3 aliphatic heterocycles. The highest BCUT2D eigenvalue weighted by atomic mass is 32.1. The van der Waals surface area contributed by atoms with E-state index in [1.54, 1.807) is 32.5 Å². The van der Waals surface area contributed by atoms with E-state index in [-0.39, 0.29) is 23.6 Å². The summed E-state index contributed by atoms with van der Waals surface area (Å²) in [5, 5.41) is 3.04. The van der Waals surface area contributed by atoms with Crippen LogP contribution in [0.15, 0.2) is 133 Å². The summed E-state index contributed by atoms with van der Waals surface area (Å²) in [6.07, 6.45) is 51.2. The lowest BCUT2D eigenvalue weighted by molar-refractivity contribution is 0.0636. The van der Waals surface area contributed by atoms with E-state index in [9.17, 15) is 4.79 Å². The number of hydrogen-bond acceptors (Lipinski definition) is 10. The highest BCUT2D eigenvalue weighted by molar-refractivity contribution is 7.34. The van der Waals surface area contributed by atoms with Crippen LogP contribution in [0.5, 0.6) is 0 Å². The highest BCUT2D eigenvalue weighted by Crippen LogP contribution is 2.67. The van der Waals surface area contributed by atoms with Crippen molar-refractivity contribution in [1.82, 2.24) is 9.80 Å². The second-order valence-corrected chi connectivity index (χ2v) is 50.5. The van der Waals surface area contributed by atoms with Crippen molar-refractivity contribution < 1.29 is 19.2 Å². The van der Waals surface area contributed by atoms with Crippen molar-refractivity contribution in [2.24, 2.45) is 0 Å². The summed E-state index contributed by atoms with van der Waals surface area (Å²) < 4.78 is 0. The van der Waals surface area contributed by atoms with Crippen LogP contribution < -0.4 is 10.4 Å². The first kappa shape index (κ1) is 96.9. The number of carbonyl (C=O) groups is 4. The molecule has 0 fully saturated rings. The first-order valence-electron chi connectivity index (χ1n) is 52.3. The molecule has 2 aliphatic carbocycles. The van der Waals surface area contributed by atoms with E-state index in [0.29, 0.717) is 35.3 Å². The number of benzene rings is 5. The van der Waals surface area contributed by atoms with Gasteiger partial charge in [0, 0.05) is 57.0 Å². The molecule has 6 aromatic heterocycles. The summed E-state index contributed by atoms with van der Waals surface area (Å²) in [6, 6.07) is 57.6. The Labute approximate surface area is 812 Å². The van der Waals surface area contributed by atoms with Crippen molar-refractivity contribution in [2.75, 3.05) is 13.1 Å². The van der Waals surface area contributed by atoms with Gasteiger partial charge in [0.25, 0.3) is 23.6 Å². The number of unbranched alkanes of at least 4 members (excludes halogenated alkanes) is 32. The fourth-order valence-electron chi connectivity index (χ4n) is 23.0. The summed E-state index contributed by atoms with van der Waals surface area (Å²) in [6.45, 7) is 23.6. The van der Waals surface area contributed by atoms with Crippen molar-refractivity contribution in [3.05, 3.63) is 232 Å². The van der Waals surface area contributed by atoms with Gasteiger partial charge in [-0.2, -0.15) is 0 Å². The molecule has 0 unspecified atom stereocenters. The SMILES string of the molecule is CCCCCCCCN1C(=O)c2c(C)sc(-c3cc4c(s3)-c3sc(-c5sc(-c6cc7c(s6)-c6cc8c(cc6C7(c6ccc(CCCCCC)cc6)c6ccc(CCCCCC)cc6)-c6sc(C)cc6C8(c6ccc(CCCCCC)cc6)c6ccc(CCCCCC)cc6)c6c5C(=O)N(CCCCCCCC)C6=O)cc3[Si]4(CCCCCCCC)CCCCCCCC)c2C1=O. The number of amides is 4. The minimum Gasteiger partial charge on any atom is -0.274 e. The number of nitrogens with zero attached hydrogens (tertiary/aromatic N) is 2. The van der Waals surface area contributed by atoms with Gasteiger partial charge in [-0.3, -0.25) is 29.0 Å². The fourth-order valence-corrected chi connectivity index (χ4v) is 37.5. The maximum atomic E-state index is 16.5. The third-order valence-electron chi connectivity index (χ3n) is 30.3. The Morgan fingerprint density at radius 2 is 0.542 bits per heavy atom. The number of carbonyl (C=O) groups excluding carboxylic acids is 4. The number of aryl methyl sites for hydroxylation is 6. The number of imide groups is 2. The third kappa shape index (κ3) is 19.5. The second-order valence-electron chi connectivity index (χ2n) is 39.6. The monoisotopic (exact) mass is 1880 g/mol. The molecule has 11 aromatic rings. The zero-order valence-corrected chi connectivity index (χ0v) is 87.0. The average molecular weight is 1880 g/mol. The summed E-state index contributed by atoms with van der Waals surface area (Å²) in [5.74, 6) is -0.536. The first-order chi connectivity index (χ1) is 64.2. The van der Waals surface area contributed by atoms with Crippen LogP contribution in [0, 0.1) is 13.8 Å². The van der Waals surface area contributed by atoms with Gasteiger partial charge in [-0.15, -0.1) is 68.0 Å². The van der Waals surface area contributed by atoms with E-state index in [0.717, 1.165) is 149 Å². The van der Waals surface area contributed by atoms with Crippen LogP contribution >= 0.6 is 68.0 Å². The van der Waals surface area contributed by atoms with Crippen LogP contribution in [0.2, 0.25) is 12.1 Å². The molecule has 9 heterocycles. The van der Waals surface area contributed by atoms with Gasteiger partial charge in [-0.1, -0.05) is 371 Å². The lowest BCUT2D eigenvalue weighted by Crippen LogP contribution is -2.54. The van der Waals surface area contributed by atoms with Crippen LogP contribution in [-0.4, -0.2) is 54.6 Å². The molecule has 0 N–H and O–H groups in total. The Hall–Kier alpha value is -7.20. The van der Waals surface area contributed by atoms with Gasteiger partial charge in [0.05, 0.1) is 47.7 Å². The van der Waals surface area contributed by atoms with E-state index in [2.05, 4.69) is 203 Å². The van der Waals surface area contributed by atoms with Gasteiger partial charge in [-0.25, -0.2) is 0 Å². The maximum Gasteiger partial charge on any atom is 0.263 e. The second kappa shape index (κ2) is 45.2. The van der Waals surface area contributed by atoms with Crippen molar-refractivity contribution >= 4 is 110 Å². The Morgan fingerprint density at radius 3 is 0.901 bits per heavy atom. The van der Waals surface area contributed by atoms with Gasteiger partial charge in [0.15, 0.2) is 0 Å². The molecule has 5 aromatic carbocycles. The molecule has 6 nitrogen and oxygen atoms in total. The van der Waals surface area contributed by atoms with Gasteiger partial charge < -0.3 is 0 Å². The number of fused-ring (bicyclic) bond motifs is 11. The summed E-state index contributed by atoms with van der Waals surface area (Å²) in [4.78, 5) is 79.5. The van der Waals surface area contributed by atoms with E-state index in [4.69, 9.17) is 0 Å². The molecular weight excluding hydrogens is 1730 g/mol. The molecule has 0 saturated heterocycles.